The van der Waals surface area contributed by atoms with E-state index in [9.17, 15) is 0 Å². The summed E-state index contributed by atoms with van der Waals surface area (Å²) in [5.74, 6) is 0. The van der Waals surface area contributed by atoms with E-state index in [-0.39, 0.29) is 146 Å². The molecule has 0 saturated carbocycles. The van der Waals surface area contributed by atoms with Crippen LogP contribution in [0.2, 0.25) is 0 Å². The van der Waals surface area contributed by atoms with Gasteiger partial charge in [0.2, 0.25) is 0 Å². The fourth-order valence-corrected chi connectivity index (χ4v) is 0. The SMILES string of the molecule is [Ga].[La].[Mg+2].[Ni].[O-2].[SrH2]. The second-order valence-electron chi connectivity index (χ2n) is 0. The van der Waals surface area contributed by atoms with Gasteiger partial charge in [0.05, 0.1) is 0 Å². The summed E-state index contributed by atoms with van der Waals surface area (Å²) in [5.41, 5.74) is 0. The van der Waals surface area contributed by atoms with E-state index >= 15 is 0 Å². The molecule has 0 fully saturated rings. The Kier molecular flexibility index (Phi) is 262. The molecule has 6 heteroatoms. The van der Waals surface area contributed by atoms with Gasteiger partial charge in [-0.25, -0.2) is 0 Å². The first-order valence-electron chi connectivity index (χ1n) is 0. The Labute approximate surface area is 142 Å². The van der Waals surface area contributed by atoms with E-state index in [1.54, 1.807) is 0 Å². The van der Waals surface area contributed by atoms with Gasteiger partial charge in [0.1, 0.15) is 0 Å². The van der Waals surface area contributed by atoms with Crippen molar-refractivity contribution < 1.29 is 57.6 Å². The minimum absolute atomic E-state index is 0. The molecule has 0 aliphatic carbocycles. The van der Waals surface area contributed by atoms with Crippen LogP contribution < -0.4 is 0 Å². The molecule has 28 valence electrons. The van der Waals surface area contributed by atoms with E-state index in [2.05, 4.69) is 0 Å². The molecule has 0 unspecified atom stereocenters. The molecule has 0 aromatic heterocycles. The predicted molar refractivity (Wildman–Crippen MR) is 20.7 cm³/mol. The van der Waals surface area contributed by atoms with Crippen LogP contribution in [-0.4, -0.2) is 88.3 Å². The Hall–Kier alpha value is 4.53. The summed E-state index contributed by atoms with van der Waals surface area (Å²) >= 11 is 0. The van der Waals surface area contributed by atoms with Gasteiger partial charge in [-0.15, -0.1) is 0 Å². The fraction of sp³-hybridized carbons (Fsp3) is 0. The second kappa shape index (κ2) is 33.8. The van der Waals surface area contributed by atoms with Crippen molar-refractivity contribution in [1.29, 1.82) is 0 Å². The average Bonchev–Trinajstić information content (AvgIpc) is 0. The summed E-state index contributed by atoms with van der Waals surface area (Å²) in [6.07, 6.45) is 0. The summed E-state index contributed by atoms with van der Waals surface area (Å²) < 4.78 is 0. The van der Waals surface area contributed by atoms with Crippen LogP contribution >= 0.6 is 0 Å². The van der Waals surface area contributed by atoms with Crippen LogP contribution in [-0.2, 0) is 22.0 Å². The molecule has 0 aromatic carbocycles. The van der Waals surface area contributed by atoms with Crippen LogP contribution in [0.4, 0.5) is 0 Å². The van der Waals surface area contributed by atoms with Crippen LogP contribution in [0, 0.1) is 35.6 Å². The van der Waals surface area contributed by atoms with Gasteiger partial charge >= 0.3 is 68.5 Å². The van der Waals surface area contributed by atoms with Gasteiger partial charge in [-0.1, -0.05) is 0 Å². The molecule has 0 rings (SSSR count). The van der Waals surface area contributed by atoms with E-state index < -0.39 is 0 Å². The summed E-state index contributed by atoms with van der Waals surface area (Å²) in [6, 6.07) is 0. The van der Waals surface area contributed by atoms with Crippen molar-refractivity contribution in [1.82, 2.24) is 0 Å². The molecule has 0 amide bonds. The van der Waals surface area contributed by atoms with Crippen molar-refractivity contribution in [2.75, 3.05) is 0 Å². The van der Waals surface area contributed by atoms with E-state index in [0.29, 0.717) is 0 Å². The van der Waals surface area contributed by atoms with Crippen LogP contribution in [0.3, 0.4) is 0 Å². The van der Waals surface area contributed by atoms with Crippen molar-refractivity contribution in [3.8, 4) is 0 Å². The number of hydrogen-bond acceptors (Lipinski definition) is 0. The first kappa shape index (κ1) is 46.6. The maximum absolute atomic E-state index is 0. The molecule has 0 bridgehead atoms. The normalized spacial score (nSPS) is 0. The van der Waals surface area contributed by atoms with Crippen molar-refractivity contribution >= 4 is 88.3 Å². The van der Waals surface area contributed by atoms with E-state index in [4.69, 9.17) is 0 Å². The van der Waals surface area contributed by atoms with E-state index in [0.717, 1.165) is 0 Å². The monoisotopic (exact) mass is 396 g/mol. The Morgan fingerprint density at radius 1 is 1.00 bits per heavy atom. The molecule has 4 radical (unpaired) electrons. The van der Waals surface area contributed by atoms with Crippen molar-refractivity contribution in [3.63, 3.8) is 0 Å². The molecule has 0 N–H and O–H groups in total. The zero-order valence-electron chi connectivity index (χ0n) is 2.59. The Morgan fingerprint density at radius 2 is 1.00 bits per heavy atom. The fourth-order valence-electron chi connectivity index (χ4n) is 0. The number of hydrogen-bond donors (Lipinski definition) is 0. The van der Waals surface area contributed by atoms with Crippen molar-refractivity contribution in [2.24, 2.45) is 0 Å². The summed E-state index contributed by atoms with van der Waals surface area (Å²) in [7, 11) is 0. The van der Waals surface area contributed by atoms with Gasteiger partial charge in [-0.05, 0) is 0 Å². The van der Waals surface area contributed by atoms with Gasteiger partial charge < -0.3 is 5.48 Å². The third kappa shape index (κ3) is 23.6. The topological polar surface area (TPSA) is 28.5 Å². The zero-order chi connectivity index (χ0) is 0. The summed E-state index contributed by atoms with van der Waals surface area (Å²) in [4.78, 5) is 0. The molecule has 0 aromatic rings. The van der Waals surface area contributed by atoms with Crippen LogP contribution in [0.1, 0.15) is 0 Å². The van der Waals surface area contributed by atoms with Crippen LogP contribution in [0.15, 0.2) is 0 Å². The van der Waals surface area contributed by atoms with Crippen LogP contribution in [0.25, 0.3) is 0 Å². The molecule has 0 atom stereocenters. The Balaban J connectivity index is 0. The standard InChI is InChI=1S/Ga.La.Mg.Ni.O.Sr.2H/q;;+2;;-2;;;. The molecule has 6 heavy (non-hydrogen) atoms. The molecule has 0 aliphatic rings. The molecule has 0 aliphatic heterocycles. The van der Waals surface area contributed by atoms with Gasteiger partial charge in [-0.3, -0.25) is 0 Å². The maximum atomic E-state index is 0. The third-order valence-corrected chi connectivity index (χ3v) is 0. The molecule has 0 heterocycles. The second-order valence-corrected chi connectivity index (χ2v) is 0. The average molecular weight is 397 g/mol. The first-order chi connectivity index (χ1) is 0. The van der Waals surface area contributed by atoms with Gasteiger partial charge in [0.15, 0.2) is 0 Å². The minimum atomic E-state index is 0. The van der Waals surface area contributed by atoms with Gasteiger partial charge in [0, 0.05) is 71.9 Å². The van der Waals surface area contributed by atoms with Gasteiger partial charge in [0.25, 0.3) is 0 Å². The molecule has 0 saturated heterocycles. The molecule has 0 spiro atoms. The Morgan fingerprint density at radius 3 is 1.00 bits per heavy atom. The van der Waals surface area contributed by atoms with E-state index in [1.807, 2.05) is 0 Å². The van der Waals surface area contributed by atoms with Gasteiger partial charge in [-0.2, -0.15) is 0 Å². The Bertz CT molecular complexity index is 15.5. The number of rotatable bonds is 0. The van der Waals surface area contributed by atoms with E-state index in [1.165, 1.54) is 0 Å². The summed E-state index contributed by atoms with van der Waals surface area (Å²) in [6.45, 7) is 0. The van der Waals surface area contributed by atoms with Crippen molar-refractivity contribution in [3.05, 3.63) is 0 Å². The summed E-state index contributed by atoms with van der Waals surface area (Å²) in [5, 5.41) is 0. The molecular formula is H2GaLaMgNiOSr. The molecule has 1 nitrogen and oxygen atoms in total. The van der Waals surface area contributed by atoms with Crippen molar-refractivity contribution in [2.45, 2.75) is 0 Å². The predicted octanol–water partition coefficient (Wildman–Crippen LogP) is -1.80. The molecular weight excluding hydrogens is 395 g/mol. The van der Waals surface area contributed by atoms with Crippen LogP contribution in [0.5, 0.6) is 0 Å². The first-order valence-corrected chi connectivity index (χ1v) is 0. The quantitative estimate of drug-likeness (QED) is 0.432. The zero-order valence-corrected chi connectivity index (χ0v) is 11.0. The third-order valence-electron chi connectivity index (χ3n) is 0.